The van der Waals surface area contributed by atoms with Crippen LogP contribution < -0.4 is 15.0 Å². The number of anilines is 2. The normalized spacial score (nSPS) is 13.2. The standard InChI is InChI=1S/C21H28N2O/c1-17(2)11-15-24-20-8-5-7-19(16-20)22-12-14-23-13-10-18-6-3-4-9-21(18)23/h3-9,16-17,22H,10-15H2,1-2H3. The van der Waals surface area contributed by atoms with Crippen LogP contribution >= 0.6 is 0 Å². The van der Waals surface area contributed by atoms with Crippen molar-refractivity contribution < 1.29 is 4.74 Å². The lowest BCUT2D eigenvalue weighted by molar-refractivity contribution is 0.289. The van der Waals surface area contributed by atoms with E-state index in [9.17, 15) is 0 Å². The van der Waals surface area contributed by atoms with E-state index in [1.165, 1.54) is 11.3 Å². The van der Waals surface area contributed by atoms with E-state index in [-0.39, 0.29) is 0 Å². The van der Waals surface area contributed by atoms with E-state index in [0.29, 0.717) is 5.92 Å². The summed E-state index contributed by atoms with van der Waals surface area (Å²) < 4.78 is 5.83. The van der Waals surface area contributed by atoms with Crippen LogP contribution in [0.15, 0.2) is 48.5 Å². The Hall–Kier alpha value is -2.16. The van der Waals surface area contributed by atoms with Crippen LogP contribution in [0.4, 0.5) is 11.4 Å². The summed E-state index contributed by atoms with van der Waals surface area (Å²) in [7, 11) is 0. The van der Waals surface area contributed by atoms with Gasteiger partial charge in [0, 0.05) is 37.1 Å². The fourth-order valence-electron chi connectivity index (χ4n) is 3.08. The summed E-state index contributed by atoms with van der Waals surface area (Å²) in [6.45, 7) is 8.31. The third kappa shape index (κ3) is 4.44. The van der Waals surface area contributed by atoms with Gasteiger partial charge in [0.2, 0.25) is 0 Å². The Balaban J connectivity index is 1.47. The van der Waals surface area contributed by atoms with Crippen LogP contribution in [0.1, 0.15) is 25.8 Å². The number of para-hydroxylation sites is 1. The second-order valence-electron chi connectivity index (χ2n) is 6.85. The molecule has 0 atom stereocenters. The highest BCUT2D eigenvalue weighted by molar-refractivity contribution is 5.58. The molecule has 24 heavy (non-hydrogen) atoms. The van der Waals surface area contributed by atoms with Crippen LogP contribution in [-0.2, 0) is 6.42 Å². The molecule has 3 nitrogen and oxygen atoms in total. The maximum absolute atomic E-state index is 5.83. The molecule has 0 unspecified atom stereocenters. The molecule has 0 fully saturated rings. The lowest BCUT2D eigenvalue weighted by Gasteiger charge is -2.20. The third-order valence-corrected chi connectivity index (χ3v) is 4.49. The number of hydrogen-bond acceptors (Lipinski definition) is 3. The molecule has 1 N–H and O–H groups in total. The minimum Gasteiger partial charge on any atom is -0.494 e. The van der Waals surface area contributed by atoms with Gasteiger partial charge in [0.1, 0.15) is 5.75 Å². The summed E-state index contributed by atoms with van der Waals surface area (Å²) in [6, 6.07) is 17.0. The quantitative estimate of drug-likeness (QED) is 0.769. The molecule has 128 valence electrons. The first-order valence-corrected chi connectivity index (χ1v) is 9.02. The van der Waals surface area contributed by atoms with Crippen molar-refractivity contribution in [2.75, 3.05) is 36.5 Å². The number of hydrogen-bond donors (Lipinski definition) is 1. The van der Waals surface area contributed by atoms with Gasteiger partial charge in [-0.05, 0) is 42.5 Å². The van der Waals surface area contributed by atoms with E-state index < -0.39 is 0 Å². The molecule has 0 aromatic heterocycles. The van der Waals surface area contributed by atoms with E-state index in [1.54, 1.807) is 0 Å². The zero-order chi connectivity index (χ0) is 16.8. The molecule has 0 aliphatic carbocycles. The van der Waals surface area contributed by atoms with Crippen molar-refractivity contribution in [2.45, 2.75) is 26.7 Å². The van der Waals surface area contributed by atoms with Gasteiger partial charge in [-0.3, -0.25) is 0 Å². The van der Waals surface area contributed by atoms with Crippen molar-refractivity contribution in [1.29, 1.82) is 0 Å². The Labute approximate surface area is 145 Å². The smallest absolute Gasteiger partial charge is 0.121 e. The van der Waals surface area contributed by atoms with Crippen molar-refractivity contribution in [3.05, 3.63) is 54.1 Å². The van der Waals surface area contributed by atoms with Crippen molar-refractivity contribution in [1.82, 2.24) is 0 Å². The zero-order valence-corrected chi connectivity index (χ0v) is 14.8. The summed E-state index contributed by atoms with van der Waals surface area (Å²) in [4.78, 5) is 2.46. The number of nitrogens with zero attached hydrogens (tertiary/aromatic N) is 1. The topological polar surface area (TPSA) is 24.5 Å². The monoisotopic (exact) mass is 324 g/mol. The molecule has 2 aromatic carbocycles. The molecule has 0 spiro atoms. The number of benzene rings is 2. The van der Waals surface area contributed by atoms with Crippen LogP contribution in [0.3, 0.4) is 0 Å². The molecule has 0 amide bonds. The van der Waals surface area contributed by atoms with E-state index in [2.05, 4.69) is 66.5 Å². The largest absolute Gasteiger partial charge is 0.494 e. The van der Waals surface area contributed by atoms with Crippen LogP contribution in [0.2, 0.25) is 0 Å². The Morgan fingerprint density at radius 3 is 2.88 bits per heavy atom. The van der Waals surface area contributed by atoms with Gasteiger partial charge in [-0.15, -0.1) is 0 Å². The molecule has 3 heteroatoms. The Morgan fingerprint density at radius 1 is 1.12 bits per heavy atom. The van der Waals surface area contributed by atoms with E-state index >= 15 is 0 Å². The molecular weight excluding hydrogens is 296 g/mol. The number of rotatable bonds is 8. The lowest BCUT2D eigenvalue weighted by atomic mass is 10.1. The molecule has 0 radical (unpaired) electrons. The van der Waals surface area contributed by atoms with Crippen LogP contribution in [0, 0.1) is 5.92 Å². The second kappa shape index (κ2) is 8.09. The summed E-state index contributed by atoms with van der Waals surface area (Å²) >= 11 is 0. The Kier molecular flexibility index (Phi) is 5.63. The first-order valence-electron chi connectivity index (χ1n) is 9.02. The van der Waals surface area contributed by atoms with E-state index in [0.717, 1.165) is 50.5 Å². The fraction of sp³-hybridized carbons (Fsp3) is 0.429. The maximum Gasteiger partial charge on any atom is 0.121 e. The molecule has 1 heterocycles. The molecule has 3 rings (SSSR count). The van der Waals surface area contributed by atoms with Gasteiger partial charge < -0.3 is 15.0 Å². The first kappa shape index (κ1) is 16.7. The predicted molar refractivity (Wildman–Crippen MR) is 102 cm³/mol. The van der Waals surface area contributed by atoms with Gasteiger partial charge in [0.25, 0.3) is 0 Å². The number of fused-ring (bicyclic) bond motifs is 1. The van der Waals surface area contributed by atoms with Crippen molar-refractivity contribution in [3.63, 3.8) is 0 Å². The Morgan fingerprint density at radius 2 is 2.00 bits per heavy atom. The van der Waals surface area contributed by atoms with Gasteiger partial charge in [-0.2, -0.15) is 0 Å². The fourth-order valence-corrected chi connectivity index (χ4v) is 3.08. The van der Waals surface area contributed by atoms with Crippen molar-refractivity contribution >= 4 is 11.4 Å². The molecule has 1 aliphatic rings. The van der Waals surface area contributed by atoms with Crippen molar-refractivity contribution in [2.24, 2.45) is 5.92 Å². The number of ether oxygens (including phenoxy) is 1. The summed E-state index contributed by atoms with van der Waals surface area (Å²) in [6.07, 6.45) is 2.25. The third-order valence-electron chi connectivity index (χ3n) is 4.49. The van der Waals surface area contributed by atoms with Gasteiger partial charge in [0.05, 0.1) is 6.61 Å². The van der Waals surface area contributed by atoms with Crippen LogP contribution in [0.5, 0.6) is 5.75 Å². The lowest BCUT2D eigenvalue weighted by Crippen LogP contribution is -2.27. The van der Waals surface area contributed by atoms with E-state index in [4.69, 9.17) is 4.74 Å². The molecule has 0 saturated carbocycles. The highest BCUT2D eigenvalue weighted by Gasteiger charge is 2.17. The molecule has 0 saturated heterocycles. The Bertz CT molecular complexity index is 654. The second-order valence-corrected chi connectivity index (χ2v) is 6.85. The van der Waals surface area contributed by atoms with Gasteiger partial charge >= 0.3 is 0 Å². The van der Waals surface area contributed by atoms with Crippen LogP contribution in [0.25, 0.3) is 0 Å². The van der Waals surface area contributed by atoms with Crippen LogP contribution in [-0.4, -0.2) is 26.2 Å². The molecule has 0 bridgehead atoms. The SMILES string of the molecule is CC(C)CCOc1cccc(NCCN2CCc3ccccc32)c1. The average molecular weight is 324 g/mol. The zero-order valence-electron chi connectivity index (χ0n) is 14.8. The molecule has 2 aromatic rings. The molecule has 1 aliphatic heterocycles. The predicted octanol–water partition coefficient (Wildman–Crippen LogP) is 4.59. The summed E-state index contributed by atoms with van der Waals surface area (Å²) in [5.74, 6) is 1.63. The maximum atomic E-state index is 5.83. The average Bonchev–Trinajstić information content (AvgIpc) is 2.98. The highest BCUT2D eigenvalue weighted by Crippen LogP contribution is 2.27. The number of nitrogens with one attached hydrogen (secondary N) is 1. The molecular formula is C21H28N2O. The summed E-state index contributed by atoms with van der Waals surface area (Å²) in [5.41, 5.74) is 3.99. The minimum atomic E-state index is 0.676. The minimum absolute atomic E-state index is 0.676. The van der Waals surface area contributed by atoms with Gasteiger partial charge in [-0.1, -0.05) is 38.1 Å². The van der Waals surface area contributed by atoms with Crippen molar-refractivity contribution in [3.8, 4) is 5.75 Å². The van der Waals surface area contributed by atoms with E-state index in [1.807, 2.05) is 6.07 Å². The van der Waals surface area contributed by atoms with Gasteiger partial charge in [-0.25, -0.2) is 0 Å². The van der Waals surface area contributed by atoms with Gasteiger partial charge in [0.15, 0.2) is 0 Å². The first-order chi connectivity index (χ1) is 11.7. The highest BCUT2D eigenvalue weighted by atomic mass is 16.5. The summed E-state index contributed by atoms with van der Waals surface area (Å²) in [5, 5.41) is 3.52.